The van der Waals surface area contributed by atoms with Gasteiger partial charge in [-0.2, -0.15) is 0 Å². The lowest BCUT2D eigenvalue weighted by Crippen LogP contribution is -2.29. The van der Waals surface area contributed by atoms with E-state index in [0.29, 0.717) is 35.1 Å². The summed E-state index contributed by atoms with van der Waals surface area (Å²) in [5.74, 6) is 1.22. The van der Waals surface area contributed by atoms with Crippen LogP contribution in [0.25, 0.3) is 28.0 Å². The molecule has 3 N–H and O–H groups in total. The summed E-state index contributed by atoms with van der Waals surface area (Å²) in [6, 6.07) is 12.9. The van der Waals surface area contributed by atoms with Crippen molar-refractivity contribution in [1.82, 2.24) is 24.5 Å². The highest BCUT2D eigenvalue weighted by atomic mass is 19.1. The number of fused-ring (bicyclic) bond motifs is 1. The Hall–Kier alpha value is -4.60. The van der Waals surface area contributed by atoms with Gasteiger partial charge in [-0.3, -0.25) is 9.36 Å². The average Bonchev–Trinajstić information content (AvgIpc) is 3.28. The predicted octanol–water partition coefficient (Wildman–Crippen LogP) is 4.42. The zero-order chi connectivity index (χ0) is 24.5. The van der Waals surface area contributed by atoms with E-state index in [9.17, 15) is 9.18 Å². The van der Waals surface area contributed by atoms with E-state index in [0.717, 1.165) is 0 Å². The van der Waals surface area contributed by atoms with Gasteiger partial charge in [0.1, 0.15) is 46.3 Å². The second-order valence-corrected chi connectivity index (χ2v) is 7.94. The summed E-state index contributed by atoms with van der Waals surface area (Å²) in [4.78, 5) is 31.0. The summed E-state index contributed by atoms with van der Waals surface area (Å²) in [5, 5.41) is 3.26. The van der Waals surface area contributed by atoms with Crippen molar-refractivity contribution in [2.75, 3.05) is 11.1 Å². The summed E-state index contributed by atoms with van der Waals surface area (Å²) < 4.78 is 21.8. The molecule has 0 aliphatic carbocycles. The van der Waals surface area contributed by atoms with Crippen LogP contribution in [0.4, 0.5) is 16.0 Å². The van der Waals surface area contributed by atoms with Gasteiger partial charge in [0.2, 0.25) is 5.89 Å². The van der Waals surface area contributed by atoms with Crippen molar-refractivity contribution in [2.45, 2.75) is 26.3 Å². The van der Waals surface area contributed by atoms with Crippen LogP contribution >= 0.6 is 0 Å². The van der Waals surface area contributed by atoms with Gasteiger partial charge in [0.25, 0.3) is 5.56 Å². The fourth-order valence-electron chi connectivity index (χ4n) is 3.97. The first kappa shape index (κ1) is 22.2. The molecule has 0 saturated carbocycles. The summed E-state index contributed by atoms with van der Waals surface area (Å²) in [6.07, 6.45) is 3.43. The molecule has 10 heteroatoms. The van der Waals surface area contributed by atoms with Gasteiger partial charge in [-0.25, -0.2) is 24.3 Å². The molecule has 0 spiro atoms. The van der Waals surface area contributed by atoms with Crippen molar-refractivity contribution in [3.63, 3.8) is 0 Å². The van der Waals surface area contributed by atoms with Gasteiger partial charge in [0.05, 0.1) is 23.4 Å². The van der Waals surface area contributed by atoms with Gasteiger partial charge in [-0.05, 0) is 37.6 Å². The third-order valence-electron chi connectivity index (χ3n) is 5.63. The number of para-hydroxylation sites is 1. The zero-order valence-corrected chi connectivity index (χ0v) is 19.1. The van der Waals surface area contributed by atoms with Gasteiger partial charge in [-0.15, -0.1) is 0 Å². The number of oxazole rings is 1. The Morgan fingerprint density at radius 1 is 1.11 bits per heavy atom. The molecule has 0 unspecified atom stereocenters. The van der Waals surface area contributed by atoms with Crippen molar-refractivity contribution in [2.24, 2.45) is 0 Å². The van der Waals surface area contributed by atoms with Crippen molar-refractivity contribution in [3.8, 4) is 17.1 Å². The molecule has 0 aliphatic rings. The molecule has 0 fully saturated rings. The highest BCUT2D eigenvalue weighted by molar-refractivity contribution is 5.80. The molecule has 1 atom stereocenters. The molecule has 0 radical (unpaired) electrons. The lowest BCUT2D eigenvalue weighted by Gasteiger charge is -2.23. The van der Waals surface area contributed by atoms with Crippen molar-refractivity contribution in [3.05, 3.63) is 88.8 Å². The predicted molar refractivity (Wildman–Crippen MR) is 131 cm³/mol. The Balaban J connectivity index is 1.71. The molecule has 3 aromatic heterocycles. The third kappa shape index (κ3) is 3.99. The second kappa shape index (κ2) is 8.98. The van der Waals surface area contributed by atoms with E-state index in [2.05, 4.69) is 20.3 Å². The maximum absolute atomic E-state index is 14.7. The van der Waals surface area contributed by atoms with Crippen LogP contribution in [0, 0.1) is 12.7 Å². The number of nitrogens with two attached hydrogens (primary N) is 1. The normalized spacial score (nSPS) is 12.1. The number of anilines is 2. The Morgan fingerprint density at radius 3 is 2.63 bits per heavy atom. The molecule has 5 aromatic rings. The Labute approximate surface area is 199 Å². The Morgan fingerprint density at radius 2 is 1.91 bits per heavy atom. The number of nitrogens with one attached hydrogen (secondary N) is 1. The molecular weight excluding hydrogens is 449 g/mol. The van der Waals surface area contributed by atoms with Crippen LogP contribution in [0.5, 0.6) is 0 Å². The lowest BCUT2D eigenvalue weighted by molar-refractivity contribution is 0.542. The fourth-order valence-corrected chi connectivity index (χ4v) is 3.97. The third-order valence-corrected chi connectivity index (χ3v) is 5.63. The summed E-state index contributed by atoms with van der Waals surface area (Å²) >= 11 is 0. The van der Waals surface area contributed by atoms with E-state index in [-0.39, 0.29) is 22.6 Å². The van der Waals surface area contributed by atoms with Crippen molar-refractivity contribution < 1.29 is 8.81 Å². The number of nitrogens with zero attached hydrogens (tertiary/aromatic N) is 5. The fraction of sp³-hybridized carbons (Fsp3) is 0.160. The van der Waals surface area contributed by atoms with Gasteiger partial charge in [0.15, 0.2) is 0 Å². The van der Waals surface area contributed by atoms with Crippen molar-refractivity contribution in [1.29, 1.82) is 0 Å². The molecule has 3 heterocycles. The number of rotatable bonds is 6. The smallest absolute Gasteiger partial charge is 0.269 e. The molecule has 176 valence electrons. The molecule has 0 bridgehead atoms. The minimum Gasteiger partial charge on any atom is -0.441 e. The highest BCUT2D eigenvalue weighted by Gasteiger charge is 2.24. The van der Waals surface area contributed by atoms with E-state index in [1.807, 2.05) is 13.0 Å². The van der Waals surface area contributed by atoms with E-state index in [1.54, 1.807) is 43.5 Å². The topological polar surface area (TPSA) is 125 Å². The lowest BCUT2D eigenvalue weighted by atomic mass is 10.1. The number of aryl methyl sites for hydroxylation is 1. The van der Waals surface area contributed by atoms with E-state index >= 15 is 0 Å². The molecule has 35 heavy (non-hydrogen) atoms. The summed E-state index contributed by atoms with van der Waals surface area (Å²) in [6.45, 7) is 3.71. The van der Waals surface area contributed by atoms with E-state index in [4.69, 9.17) is 15.1 Å². The molecular formula is C25H22FN7O2. The van der Waals surface area contributed by atoms with E-state index in [1.165, 1.54) is 23.0 Å². The molecule has 2 aromatic carbocycles. The highest BCUT2D eigenvalue weighted by Crippen LogP contribution is 2.33. The van der Waals surface area contributed by atoms with Crippen LogP contribution in [0.3, 0.4) is 0 Å². The maximum Gasteiger partial charge on any atom is 0.269 e. The van der Waals surface area contributed by atoms with Crippen LogP contribution in [-0.2, 0) is 0 Å². The number of hydrogen-bond acceptors (Lipinski definition) is 8. The summed E-state index contributed by atoms with van der Waals surface area (Å²) in [5.41, 5.74) is 6.89. The zero-order valence-electron chi connectivity index (χ0n) is 19.1. The SMILES string of the molecule is CC[C@H](Nc1ncnc(N)c1-c1ncc(C)o1)c1nc2cccc(F)c2c(=O)n1-c1ccccc1. The van der Waals surface area contributed by atoms with Crippen LogP contribution in [0.2, 0.25) is 0 Å². The Kier molecular flexibility index (Phi) is 5.69. The van der Waals surface area contributed by atoms with E-state index < -0.39 is 17.4 Å². The minimum absolute atomic E-state index is 0.0720. The van der Waals surface area contributed by atoms with Crippen LogP contribution in [0.15, 0.2) is 70.3 Å². The van der Waals surface area contributed by atoms with Gasteiger partial charge < -0.3 is 15.5 Å². The van der Waals surface area contributed by atoms with Gasteiger partial charge in [0, 0.05) is 0 Å². The molecule has 5 rings (SSSR count). The first-order chi connectivity index (χ1) is 17.0. The summed E-state index contributed by atoms with van der Waals surface area (Å²) in [7, 11) is 0. The molecule has 0 saturated heterocycles. The first-order valence-corrected chi connectivity index (χ1v) is 11.0. The molecule has 0 amide bonds. The molecule has 9 nitrogen and oxygen atoms in total. The first-order valence-electron chi connectivity index (χ1n) is 11.0. The number of nitrogen functional groups attached to an aromatic ring is 1. The second-order valence-electron chi connectivity index (χ2n) is 7.94. The number of halogens is 1. The van der Waals surface area contributed by atoms with Gasteiger partial charge >= 0.3 is 0 Å². The quantitative estimate of drug-likeness (QED) is 0.373. The van der Waals surface area contributed by atoms with Gasteiger partial charge in [-0.1, -0.05) is 31.2 Å². The number of benzene rings is 2. The monoisotopic (exact) mass is 471 g/mol. The number of hydrogen-bond donors (Lipinski definition) is 2. The average molecular weight is 471 g/mol. The minimum atomic E-state index is -0.623. The van der Waals surface area contributed by atoms with Crippen LogP contribution in [-0.4, -0.2) is 24.5 Å². The largest absolute Gasteiger partial charge is 0.441 e. The maximum atomic E-state index is 14.7. The molecule has 0 aliphatic heterocycles. The van der Waals surface area contributed by atoms with Crippen molar-refractivity contribution >= 4 is 22.5 Å². The van der Waals surface area contributed by atoms with Crippen LogP contribution in [0.1, 0.15) is 31.0 Å². The Bertz CT molecular complexity index is 1580. The van der Waals surface area contributed by atoms with Crippen LogP contribution < -0.4 is 16.6 Å². The standard InChI is InChI=1S/C25H22FN7O2/c1-3-17(31-22-20(21(27)29-13-30-22)24-28-12-14(2)35-24)23-32-18-11-7-10-16(26)19(18)25(34)33(23)15-8-5-4-6-9-15/h4-13,17H,3H2,1-2H3,(H3,27,29,30,31)/t17-/m0/s1. The number of aromatic nitrogens is 5.